The van der Waals surface area contributed by atoms with Crippen LogP contribution in [0.2, 0.25) is 0 Å². The fraction of sp³-hybridized carbons (Fsp3) is 0.471. The molecule has 0 bridgehead atoms. The number of nitrogens with two attached hydrogens (primary N) is 1. The summed E-state index contributed by atoms with van der Waals surface area (Å²) < 4.78 is 15.8. The standard InChI is InChI=1S/C17H24N2O7/c1-10(2)19(6-5-15(21)22)17(23)11-7-12(24-3)16(13(8-11)25-4)26-9-14(18)20/h7-8,10H,5-6,9H2,1-4H3,(H2,18,20)(H,21,22). The van der Waals surface area contributed by atoms with E-state index in [1.807, 2.05) is 0 Å². The summed E-state index contributed by atoms with van der Waals surface area (Å²) in [6.45, 7) is 3.27. The molecule has 0 aliphatic rings. The van der Waals surface area contributed by atoms with Crippen LogP contribution in [0.3, 0.4) is 0 Å². The average Bonchev–Trinajstić information content (AvgIpc) is 2.58. The first-order valence-corrected chi connectivity index (χ1v) is 7.91. The number of amides is 2. The van der Waals surface area contributed by atoms with Crippen LogP contribution in [0, 0.1) is 0 Å². The summed E-state index contributed by atoms with van der Waals surface area (Å²) in [5, 5.41) is 8.87. The Kier molecular flexibility index (Phi) is 7.70. The highest BCUT2D eigenvalue weighted by Gasteiger charge is 2.24. The number of ether oxygens (including phenoxy) is 3. The van der Waals surface area contributed by atoms with E-state index < -0.39 is 11.9 Å². The van der Waals surface area contributed by atoms with Gasteiger partial charge >= 0.3 is 5.97 Å². The van der Waals surface area contributed by atoms with Gasteiger partial charge in [-0.15, -0.1) is 0 Å². The van der Waals surface area contributed by atoms with Crippen LogP contribution >= 0.6 is 0 Å². The van der Waals surface area contributed by atoms with Crippen LogP contribution < -0.4 is 19.9 Å². The zero-order chi connectivity index (χ0) is 19.9. The van der Waals surface area contributed by atoms with E-state index >= 15 is 0 Å². The number of carbonyl (C=O) groups is 3. The number of aliphatic carboxylic acids is 1. The second-order valence-electron chi connectivity index (χ2n) is 5.70. The third-order valence-electron chi connectivity index (χ3n) is 3.52. The van der Waals surface area contributed by atoms with E-state index in [2.05, 4.69) is 0 Å². The zero-order valence-corrected chi connectivity index (χ0v) is 15.3. The molecule has 2 amide bonds. The lowest BCUT2D eigenvalue weighted by atomic mass is 10.1. The molecule has 1 rings (SSSR count). The molecule has 0 heterocycles. The molecule has 26 heavy (non-hydrogen) atoms. The molecule has 0 saturated heterocycles. The first-order chi connectivity index (χ1) is 12.2. The lowest BCUT2D eigenvalue weighted by Crippen LogP contribution is -2.38. The van der Waals surface area contributed by atoms with Crippen LogP contribution in [0.4, 0.5) is 0 Å². The zero-order valence-electron chi connectivity index (χ0n) is 15.3. The first-order valence-electron chi connectivity index (χ1n) is 7.91. The topological polar surface area (TPSA) is 128 Å². The van der Waals surface area contributed by atoms with Gasteiger partial charge in [-0.25, -0.2) is 0 Å². The normalized spacial score (nSPS) is 10.3. The molecule has 0 fully saturated rings. The van der Waals surface area contributed by atoms with E-state index in [0.717, 1.165) is 0 Å². The molecule has 9 heteroatoms. The van der Waals surface area contributed by atoms with Crippen molar-refractivity contribution in [3.63, 3.8) is 0 Å². The SMILES string of the molecule is COc1cc(C(=O)N(CCC(=O)O)C(C)C)cc(OC)c1OCC(N)=O. The molecular weight excluding hydrogens is 344 g/mol. The fourth-order valence-electron chi connectivity index (χ4n) is 2.27. The Hall–Kier alpha value is -2.97. The first kappa shape index (κ1) is 21.1. The molecule has 0 aromatic heterocycles. The summed E-state index contributed by atoms with van der Waals surface area (Å²) in [5.74, 6) is -1.51. The number of rotatable bonds is 10. The summed E-state index contributed by atoms with van der Waals surface area (Å²) in [5.41, 5.74) is 5.32. The minimum atomic E-state index is -0.992. The number of carboxylic acid groups (broad SMARTS) is 1. The van der Waals surface area contributed by atoms with Gasteiger partial charge in [0.05, 0.1) is 20.6 Å². The Labute approximate surface area is 151 Å². The number of carbonyl (C=O) groups excluding carboxylic acids is 2. The Morgan fingerprint density at radius 2 is 1.69 bits per heavy atom. The lowest BCUT2D eigenvalue weighted by Gasteiger charge is -2.27. The summed E-state index contributed by atoms with van der Waals surface area (Å²) in [6.07, 6.45) is -0.169. The smallest absolute Gasteiger partial charge is 0.305 e. The van der Waals surface area contributed by atoms with Crippen molar-refractivity contribution in [2.45, 2.75) is 26.3 Å². The van der Waals surface area contributed by atoms with Gasteiger partial charge in [0.2, 0.25) is 5.75 Å². The number of hydrogen-bond donors (Lipinski definition) is 2. The molecule has 0 aliphatic carbocycles. The summed E-state index contributed by atoms with van der Waals surface area (Å²) in [4.78, 5) is 36.0. The van der Waals surface area contributed by atoms with Crippen molar-refractivity contribution in [3.05, 3.63) is 17.7 Å². The van der Waals surface area contributed by atoms with E-state index in [1.165, 1.54) is 31.3 Å². The van der Waals surface area contributed by atoms with Gasteiger partial charge in [-0.05, 0) is 26.0 Å². The van der Waals surface area contributed by atoms with E-state index in [0.29, 0.717) is 0 Å². The van der Waals surface area contributed by atoms with Gasteiger partial charge in [0.25, 0.3) is 11.8 Å². The Morgan fingerprint density at radius 3 is 2.08 bits per heavy atom. The van der Waals surface area contributed by atoms with E-state index in [4.69, 9.17) is 25.1 Å². The van der Waals surface area contributed by atoms with Crippen molar-refractivity contribution < 1.29 is 33.7 Å². The van der Waals surface area contributed by atoms with Gasteiger partial charge < -0.3 is 30.0 Å². The highest BCUT2D eigenvalue weighted by molar-refractivity contribution is 5.96. The molecule has 0 spiro atoms. The van der Waals surface area contributed by atoms with Gasteiger partial charge in [0.15, 0.2) is 18.1 Å². The highest BCUT2D eigenvalue weighted by Crippen LogP contribution is 2.39. The largest absolute Gasteiger partial charge is 0.493 e. The summed E-state index contributed by atoms with van der Waals surface area (Å²) >= 11 is 0. The van der Waals surface area contributed by atoms with Crippen molar-refractivity contribution in [2.24, 2.45) is 5.73 Å². The Bertz CT molecular complexity index is 648. The quantitative estimate of drug-likeness (QED) is 0.627. The van der Waals surface area contributed by atoms with Gasteiger partial charge in [-0.2, -0.15) is 0 Å². The van der Waals surface area contributed by atoms with Crippen molar-refractivity contribution in [1.29, 1.82) is 0 Å². The average molecular weight is 368 g/mol. The molecule has 3 N–H and O–H groups in total. The number of benzene rings is 1. The van der Waals surface area contributed by atoms with E-state index in [-0.39, 0.29) is 54.3 Å². The fourth-order valence-corrected chi connectivity index (χ4v) is 2.27. The van der Waals surface area contributed by atoms with Crippen molar-refractivity contribution in [1.82, 2.24) is 4.90 Å². The predicted octanol–water partition coefficient (Wildman–Crippen LogP) is 0.893. The van der Waals surface area contributed by atoms with Crippen LogP contribution in [-0.2, 0) is 9.59 Å². The third kappa shape index (κ3) is 5.54. The highest BCUT2D eigenvalue weighted by atomic mass is 16.5. The Morgan fingerprint density at radius 1 is 1.15 bits per heavy atom. The molecule has 1 aromatic carbocycles. The minimum absolute atomic E-state index is 0.0659. The van der Waals surface area contributed by atoms with Crippen molar-refractivity contribution in [3.8, 4) is 17.2 Å². The molecule has 0 atom stereocenters. The van der Waals surface area contributed by atoms with Crippen LogP contribution in [-0.4, -0.2) is 61.2 Å². The third-order valence-corrected chi connectivity index (χ3v) is 3.52. The van der Waals surface area contributed by atoms with Crippen LogP contribution in [0.1, 0.15) is 30.6 Å². The second-order valence-corrected chi connectivity index (χ2v) is 5.70. The molecular formula is C17H24N2O7. The number of primary amides is 1. The van der Waals surface area contributed by atoms with Gasteiger partial charge in [0.1, 0.15) is 0 Å². The predicted molar refractivity (Wildman–Crippen MR) is 92.7 cm³/mol. The number of carboxylic acids is 1. The maximum atomic E-state index is 12.8. The molecule has 9 nitrogen and oxygen atoms in total. The summed E-state index contributed by atoms with van der Waals surface area (Å²) in [6, 6.07) is 2.68. The van der Waals surface area contributed by atoms with Crippen molar-refractivity contribution >= 4 is 17.8 Å². The lowest BCUT2D eigenvalue weighted by molar-refractivity contribution is -0.137. The van der Waals surface area contributed by atoms with E-state index in [9.17, 15) is 14.4 Å². The number of hydrogen-bond acceptors (Lipinski definition) is 6. The van der Waals surface area contributed by atoms with Crippen LogP contribution in [0.25, 0.3) is 0 Å². The van der Waals surface area contributed by atoms with Gasteiger partial charge in [-0.1, -0.05) is 0 Å². The maximum absolute atomic E-state index is 12.8. The number of nitrogens with zero attached hydrogens (tertiary/aromatic N) is 1. The van der Waals surface area contributed by atoms with Gasteiger partial charge in [-0.3, -0.25) is 14.4 Å². The summed E-state index contributed by atoms with van der Waals surface area (Å²) in [7, 11) is 2.76. The molecule has 0 unspecified atom stereocenters. The van der Waals surface area contributed by atoms with Crippen molar-refractivity contribution in [2.75, 3.05) is 27.4 Å². The monoisotopic (exact) mass is 368 g/mol. The molecule has 0 aliphatic heterocycles. The van der Waals surface area contributed by atoms with Crippen LogP contribution in [0.5, 0.6) is 17.2 Å². The number of methoxy groups -OCH3 is 2. The van der Waals surface area contributed by atoms with Gasteiger partial charge in [0, 0.05) is 18.2 Å². The maximum Gasteiger partial charge on any atom is 0.305 e. The van der Waals surface area contributed by atoms with E-state index in [1.54, 1.807) is 13.8 Å². The molecule has 0 radical (unpaired) electrons. The minimum Gasteiger partial charge on any atom is -0.493 e. The molecule has 1 aromatic rings. The Balaban J connectivity index is 3.23. The molecule has 0 saturated carbocycles. The van der Waals surface area contributed by atoms with Crippen LogP contribution in [0.15, 0.2) is 12.1 Å². The molecule has 144 valence electrons. The second kappa shape index (κ2) is 9.50.